The number of alkyl halides is 3. The molecule has 0 aromatic heterocycles. The highest BCUT2D eigenvalue weighted by atomic mass is 35.5. The lowest BCUT2D eigenvalue weighted by molar-refractivity contribution is -0.196. The number of ether oxygens (including phenoxy) is 3. The summed E-state index contributed by atoms with van der Waals surface area (Å²) in [6.45, 7) is 5.02. The van der Waals surface area contributed by atoms with Crippen molar-refractivity contribution in [3.63, 3.8) is 0 Å². The number of Topliss-reactive ketones (excluding diaryl/α,β-unsaturated/α-hetero) is 1. The minimum absolute atomic E-state index is 0.00143. The molecule has 20 heavy (non-hydrogen) atoms. The summed E-state index contributed by atoms with van der Waals surface area (Å²) < 4.78 is 40.8. The van der Waals surface area contributed by atoms with Crippen molar-refractivity contribution >= 4 is 23.4 Å². The fourth-order valence-electron chi connectivity index (χ4n) is 1.38. The molecular formula is C12H19ClF2O5. The minimum Gasteiger partial charge on any atom is -0.465 e. The molecule has 0 aliphatic heterocycles. The molecule has 0 fully saturated rings. The molecule has 0 heterocycles. The van der Waals surface area contributed by atoms with E-state index in [4.69, 9.17) is 25.8 Å². The summed E-state index contributed by atoms with van der Waals surface area (Å²) >= 11 is 4.70. The van der Waals surface area contributed by atoms with Crippen LogP contribution in [-0.2, 0) is 23.8 Å². The van der Waals surface area contributed by atoms with Crippen molar-refractivity contribution in [1.29, 1.82) is 0 Å². The first-order valence-corrected chi connectivity index (χ1v) is 6.68. The second kappa shape index (κ2) is 9.20. The van der Waals surface area contributed by atoms with E-state index in [0.717, 1.165) is 0 Å². The standard InChI is InChI=1S/C12H19ClF2O5/c1-4-7-20-10(17)8(9(16)12(13,14)15)11(18-5-2)19-6-3/h8,11H,4-7H2,1-3H3. The number of ketones is 1. The van der Waals surface area contributed by atoms with Crippen molar-refractivity contribution in [1.82, 2.24) is 0 Å². The molecule has 0 aliphatic carbocycles. The van der Waals surface area contributed by atoms with Crippen LogP contribution in [0.25, 0.3) is 0 Å². The number of esters is 1. The van der Waals surface area contributed by atoms with Crippen LogP contribution in [0.1, 0.15) is 27.2 Å². The van der Waals surface area contributed by atoms with Gasteiger partial charge in [0.2, 0.25) is 5.78 Å². The van der Waals surface area contributed by atoms with Gasteiger partial charge in [-0.15, -0.1) is 0 Å². The fourth-order valence-corrected chi connectivity index (χ4v) is 1.50. The van der Waals surface area contributed by atoms with Gasteiger partial charge in [-0.2, -0.15) is 8.78 Å². The van der Waals surface area contributed by atoms with Gasteiger partial charge in [0.15, 0.2) is 12.2 Å². The van der Waals surface area contributed by atoms with Gasteiger partial charge in [0.25, 0.3) is 0 Å². The minimum atomic E-state index is -4.19. The van der Waals surface area contributed by atoms with Crippen LogP contribution in [0.2, 0.25) is 0 Å². The zero-order valence-electron chi connectivity index (χ0n) is 11.7. The van der Waals surface area contributed by atoms with E-state index in [1.165, 1.54) is 0 Å². The first-order chi connectivity index (χ1) is 9.29. The summed E-state index contributed by atoms with van der Waals surface area (Å²) in [6.07, 6.45) is -0.968. The van der Waals surface area contributed by atoms with Gasteiger partial charge in [-0.25, -0.2) is 0 Å². The molecular weight excluding hydrogens is 298 g/mol. The average molecular weight is 317 g/mol. The molecule has 5 nitrogen and oxygen atoms in total. The van der Waals surface area contributed by atoms with Crippen molar-refractivity contribution in [3.8, 4) is 0 Å². The summed E-state index contributed by atoms with van der Waals surface area (Å²) in [5, 5.41) is -4.19. The van der Waals surface area contributed by atoms with Crippen LogP contribution in [0.4, 0.5) is 8.78 Å². The van der Waals surface area contributed by atoms with E-state index in [-0.39, 0.29) is 19.8 Å². The smallest absolute Gasteiger partial charge is 0.381 e. The van der Waals surface area contributed by atoms with Crippen LogP contribution in [-0.4, -0.2) is 43.2 Å². The number of carbonyl (C=O) groups is 2. The molecule has 0 aromatic rings. The number of hydrogen-bond acceptors (Lipinski definition) is 5. The topological polar surface area (TPSA) is 61.8 Å². The van der Waals surface area contributed by atoms with Crippen molar-refractivity contribution in [3.05, 3.63) is 0 Å². The highest BCUT2D eigenvalue weighted by Gasteiger charge is 2.49. The molecule has 0 saturated carbocycles. The molecule has 1 unspecified atom stereocenters. The molecule has 0 amide bonds. The van der Waals surface area contributed by atoms with Crippen molar-refractivity contribution in [2.24, 2.45) is 5.92 Å². The summed E-state index contributed by atoms with van der Waals surface area (Å²) in [7, 11) is 0. The SMILES string of the molecule is CCCOC(=O)C(C(=O)C(F)(F)Cl)C(OCC)OCC. The Bertz CT molecular complexity index is 313. The molecule has 0 saturated heterocycles. The number of hydrogen-bond donors (Lipinski definition) is 0. The van der Waals surface area contributed by atoms with Gasteiger partial charge in [-0.1, -0.05) is 6.92 Å². The van der Waals surface area contributed by atoms with E-state index in [1.54, 1.807) is 20.8 Å². The number of halogens is 3. The second-order valence-corrected chi connectivity index (χ2v) is 4.26. The molecule has 0 bridgehead atoms. The second-order valence-electron chi connectivity index (χ2n) is 3.79. The zero-order chi connectivity index (χ0) is 15.8. The van der Waals surface area contributed by atoms with Crippen LogP contribution < -0.4 is 0 Å². The van der Waals surface area contributed by atoms with Gasteiger partial charge in [-0.05, 0) is 31.9 Å². The lowest BCUT2D eigenvalue weighted by Crippen LogP contribution is -2.45. The predicted octanol–water partition coefficient (Wildman–Crippen LogP) is 2.36. The lowest BCUT2D eigenvalue weighted by atomic mass is 10.0. The molecule has 118 valence electrons. The van der Waals surface area contributed by atoms with Crippen molar-refractivity contribution < 1.29 is 32.6 Å². The third-order valence-electron chi connectivity index (χ3n) is 2.20. The van der Waals surface area contributed by atoms with Gasteiger partial charge < -0.3 is 14.2 Å². The van der Waals surface area contributed by atoms with Crippen LogP contribution in [0.15, 0.2) is 0 Å². The van der Waals surface area contributed by atoms with E-state index in [2.05, 4.69) is 0 Å². The summed E-state index contributed by atoms with van der Waals surface area (Å²) in [5.74, 6) is -4.86. The van der Waals surface area contributed by atoms with E-state index in [0.29, 0.717) is 6.42 Å². The van der Waals surface area contributed by atoms with Crippen LogP contribution in [0.3, 0.4) is 0 Å². The largest absolute Gasteiger partial charge is 0.465 e. The normalized spacial score (nSPS) is 13.3. The average Bonchev–Trinajstić information content (AvgIpc) is 2.36. The molecule has 0 radical (unpaired) electrons. The molecule has 0 N–H and O–H groups in total. The first-order valence-electron chi connectivity index (χ1n) is 6.30. The molecule has 0 aromatic carbocycles. The maximum Gasteiger partial charge on any atom is 0.381 e. The summed E-state index contributed by atoms with van der Waals surface area (Å²) in [5.41, 5.74) is 0. The quantitative estimate of drug-likeness (QED) is 0.268. The number of carbonyl (C=O) groups excluding carboxylic acids is 2. The Balaban J connectivity index is 5.20. The molecule has 0 rings (SSSR count). The fraction of sp³-hybridized carbons (Fsp3) is 0.833. The third kappa shape index (κ3) is 6.11. The first kappa shape index (κ1) is 19.2. The molecule has 0 aliphatic rings. The van der Waals surface area contributed by atoms with Crippen LogP contribution >= 0.6 is 11.6 Å². The molecule has 1 atom stereocenters. The maximum atomic E-state index is 13.0. The van der Waals surface area contributed by atoms with Gasteiger partial charge in [0.05, 0.1) is 6.61 Å². The summed E-state index contributed by atoms with van der Waals surface area (Å²) in [6, 6.07) is 0. The Morgan fingerprint density at radius 1 is 1.15 bits per heavy atom. The summed E-state index contributed by atoms with van der Waals surface area (Å²) in [4.78, 5) is 23.4. The predicted molar refractivity (Wildman–Crippen MR) is 67.6 cm³/mol. The zero-order valence-corrected chi connectivity index (χ0v) is 12.4. The lowest BCUT2D eigenvalue weighted by Gasteiger charge is -2.25. The third-order valence-corrected chi connectivity index (χ3v) is 2.38. The van der Waals surface area contributed by atoms with E-state index >= 15 is 0 Å². The van der Waals surface area contributed by atoms with Crippen molar-refractivity contribution in [2.45, 2.75) is 38.9 Å². The van der Waals surface area contributed by atoms with Crippen molar-refractivity contribution in [2.75, 3.05) is 19.8 Å². The highest BCUT2D eigenvalue weighted by molar-refractivity contribution is 6.34. The van der Waals surface area contributed by atoms with E-state index in [9.17, 15) is 18.4 Å². The Morgan fingerprint density at radius 2 is 1.65 bits per heavy atom. The maximum absolute atomic E-state index is 13.0. The highest BCUT2D eigenvalue weighted by Crippen LogP contribution is 2.28. The van der Waals surface area contributed by atoms with Gasteiger partial charge in [0, 0.05) is 13.2 Å². The Kier molecular flexibility index (Phi) is 8.84. The molecule has 8 heteroatoms. The number of rotatable bonds is 10. The molecule has 0 spiro atoms. The Hall–Kier alpha value is -0.790. The van der Waals surface area contributed by atoms with E-state index in [1.807, 2.05) is 0 Å². The van der Waals surface area contributed by atoms with E-state index < -0.39 is 29.3 Å². The Labute approximate surface area is 121 Å². The van der Waals surface area contributed by atoms with Gasteiger partial charge in [-0.3, -0.25) is 9.59 Å². The monoisotopic (exact) mass is 316 g/mol. The van der Waals surface area contributed by atoms with Gasteiger partial charge in [0.1, 0.15) is 0 Å². The van der Waals surface area contributed by atoms with Crippen LogP contribution in [0, 0.1) is 5.92 Å². The van der Waals surface area contributed by atoms with Crippen LogP contribution in [0.5, 0.6) is 0 Å². The Morgan fingerprint density at radius 3 is 2.00 bits per heavy atom. The van der Waals surface area contributed by atoms with Gasteiger partial charge >= 0.3 is 11.4 Å².